The van der Waals surface area contributed by atoms with Crippen molar-refractivity contribution in [3.05, 3.63) is 46.7 Å². The first-order valence-electron chi connectivity index (χ1n) is 7.88. The van der Waals surface area contributed by atoms with E-state index >= 15 is 0 Å². The molecule has 0 radical (unpaired) electrons. The molecular weight excluding hydrogens is 306 g/mol. The lowest BCUT2D eigenvalue weighted by Gasteiger charge is -2.16. The topological polar surface area (TPSA) is 75.4 Å². The van der Waals surface area contributed by atoms with Crippen molar-refractivity contribution in [2.75, 3.05) is 18.9 Å². The number of aromatic nitrogens is 1. The Morgan fingerprint density at radius 2 is 1.96 bits per heavy atom. The molecule has 0 fully saturated rings. The van der Waals surface area contributed by atoms with E-state index in [0.29, 0.717) is 24.4 Å². The van der Waals surface area contributed by atoms with Crippen LogP contribution in [-0.4, -0.2) is 35.5 Å². The highest BCUT2D eigenvalue weighted by Gasteiger charge is 2.14. The van der Waals surface area contributed by atoms with E-state index in [9.17, 15) is 9.59 Å². The molecule has 0 aliphatic rings. The largest absolute Gasteiger partial charge is 0.360 e. The maximum Gasteiger partial charge on any atom is 0.245 e. The lowest BCUT2D eigenvalue weighted by Crippen LogP contribution is -2.35. The molecule has 1 heterocycles. The molecular formula is C18H23N3O3. The highest BCUT2D eigenvalue weighted by molar-refractivity contribution is 5.93. The molecule has 6 nitrogen and oxygen atoms in total. The van der Waals surface area contributed by atoms with E-state index in [-0.39, 0.29) is 18.4 Å². The van der Waals surface area contributed by atoms with Gasteiger partial charge in [-0.25, -0.2) is 0 Å². The highest BCUT2D eigenvalue weighted by atomic mass is 16.5. The molecule has 0 unspecified atom stereocenters. The molecule has 0 saturated carbocycles. The molecule has 2 rings (SSSR count). The van der Waals surface area contributed by atoms with Crippen LogP contribution in [0.3, 0.4) is 0 Å². The van der Waals surface area contributed by atoms with Crippen LogP contribution in [0.2, 0.25) is 0 Å². The van der Waals surface area contributed by atoms with E-state index in [2.05, 4.69) is 22.6 Å². The van der Waals surface area contributed by atoms with Crippen molar-refractivity contribution < 1.29 is 14.1 Å². The fourth-order valence-electron chi connectivity index (χ4n) is 2.47. The minimum Gasteiger partial charge on any atom is -0.360 e. The van der Waals surface area contributed by atoms with Crippen LogP contribution in [0.1, 0.15) is 28.9 Å². The van der Waals surface area contributed by atoms with Crippen molar-refractivity contribution in [3.8, 4) is 0 Å². The Hall–Kier alpha value is -2.63. The van der Waals surface area contributed by atoms with E-state index < -0.39 is 0 Å². The van der Waals surface area contributed by atoms with Crippen LogP contribution < -0.4 is 5.32 Å². The molecule has 0 aliphatic heterocycles. The summed E-state index contributed by atoms with van der Waals surface area (Å²) in [6, 6.07) is 7.83. The fraction of sp³-hybridized carbons (Fsp3) is 0.389. The number of benzene rings is 1. The van der Waals surface area contributed by atoms with Crippen LogP contribution in [-0.2, 0) is 16.0 Å². The number of hydrogen-bond donors (Lipinski definition) is 1. The number of aryl methyl sites for hydroxylation is 4. The summed E-state index contributed by atoms with van der Waals surface area (Å²) < 4.78 is 4.88. The summed E-state index contributed by atoms with van der Waals surface area (Å²) in [5.74, 6) is 0.601. The Morgan fingerprint density at radius 1 is 1.21 bits per heavy atom. The molecule has 2 aromatic rings. The number of hydrogen-bond acceptors (Lipinski definition) is 4. The fourth-order valence-corrected chi connectivity index (χ4v) is 2.47. The van der Waals surface area contributed by atoms with Gasteiger partial charge in [-0.3, -0.25) is 9.59 Å². The van der Waals surface area contributed by atoms with Crippen molar-refractivity contribution in [3.63, 3.8) is 0 Å². The smallest absolute Gasteiger partial charge is 0.245 e. The van der Waals surface area contributed by atoms with E-state index in [0.717, 1.165) is 5.56 Å². The van der Waals surface area contributed by atoms with Crippen molar-refractivity contribution in [2.45, 2.75) is 33.6 Å². The van der Waals surface area contributed by atoms with Crippen LogP contribution in [0.25, 0.3) is 0 Å². The quantitative estimate of drug-likeness (QED) is 0.884. The number of carbonyl (C=O) groups excluding carboxylic acids is 2. The molecule has 0 spiro atoms. The van der Waals surface area contributed by atoms with Gasteiger partial charge in [0.1, 0.15) is 5.76 Å². The molecule has 128 valence electrons. The van der Waals surface area contributed by atoms with Crippen molar-refractivity contribution in [1.82, 2.24) is 10.1 Å². The summed E-state index contributed by atoms with van der Waals surface area (Å²) in [7, 11) is 1.62. The van der Waals surface area contributed by atoms with Crippen LogP contribution in [0.4, 0.5) is 5.82 Å². The lowest BCUT2D eigenvalue weighted by atomic mass is 10.0. The third-order valence-electron chi connectivity index (χ3n) is 3.81. The zero-order valence-corrected chi connectivity index (χ0v) is 14.5. The van der Waals surface area contributed by atoms with E-state index in [1.165, 1.54) is 16.0 Å². The maximum absolute atomic E-state index is 12.2. The van der Waals surface area contributed by atoms with Gasteiger partial charge in [0.05, 0.1) is 6.54 Å². The second-order valence-electron chi connectivity index (χ2n) is 6.05. The summed E-state index contributed by atoms with van der Waals surface area (Å²) in [6.07, 6.45) is 1.04. The maximum atomic E-state index is 12.2. The first-order chi connectivity index (χ1) is 11.3. The predicted molar refractivity (Wildman–Crippen MR) is 91.7 cm³/mol. The van der Waals surface area contributed by atoms with Gasteiger partial charge >= 0.3 is 0 Å². The minimum atomic E-state index is -0.300. The number of carbonyl (C=O) groups is 2. The zero-order chi connectivity index (χ0) is 17.7. The van der Waals surface area contributed by atoms with Gasteiger partial charge in [-0.15, -0.1) is 0 Å². The monoisotopic (exact) mass is 329 g/mol. The second kappa shape index (κ2) is 7.77. The molecule has 0 saturated heterocycles. The number of nitrogens with zero attached hydrogens (tertiary/aromatic N) is 2. The Balaban J connectivity index is 1.82. The molecule has 2 amide bonds. The Kier molecular flexibility index (Phi) is 5.73. The van der Waals surface area contributed by atoms with E-state index in [4.69, 9.17) is 4.52 Å². The highest BCUT2D eigenvalue weighted by Crippen LogP contribution is 2.13. The molecule has 24 heavy (non-hydrogen) atoms. The molecule has 1 N–H and O–H groups in total. The lowest BCUT2D eigenvalue weighted by molar-refractivity contribution is -0.133. The average Bonchev–Trinajstić information content (AvgIpc) is 2.90. The van der Waals surface area contributed by atoms with Gasteiger partial charge in [-0.1, -0.05) is 28.9 Å². The number of likely N-dealkylation sites (N-methyl/N-ethyl adjacent to an activating group) is 1. The van der Waals surface area contributed by atoms with Crippen molar-refractivity contribution in [2.24, 2.45) is 0 Å². The molecule has 0 aliphatic carbocycles. The predicted octanol–water partition coefficient (Wildman–Crippen LogP) is 2.63. The second-order valence-corrected chi connectivity index (χ2v) is 6.05. The first kappa shape index (κ1) is 17.7. The summed E-state index contributed by atoms with van der Waals surface area (Å²) >= 11 is 0. The standard InChI is InChI=1S/C18H23N3O3/c1-12-5-6-15(13(2)9-12)7-8-18(23)21(4)11-17(22)19-16-10-14(3)24-20-16/h5-6,9-10H,7-8,11H2,1-4H3,(H,19,20,22). The van der Waals surface area contributed by atoms with Gasteiger partial charge in [0.25, 0.3) is 0 Å². The van der Waals surface area contributed by atoms with Crippen LogP contribution in [0, 0.1) is 20.8 Å². The van der Waals surface area contributed by atoms with Gasteiger partial charge < -0.3 is 14.7 Å². The Morgan fingerprint density at radius 3 is 2.58 bits per heavy atom. The minimum absolute atomic E-state index is 0.0162. The molecule has 6 heteroatoms. The zero-order valence-electron chi connectivity index (χ0n) is 14.5. The number of anilines is 1. The molecule has 0 bridgehead atoms. The van der Waals surface area contributed by atoms with Gasteiger partial charge in [0.15, 0.2) is 5.82 Å². The average molecular weight is 329 g/mol. The number of nitrogens with one attached hydrogen (secondary N) is 1. The normalized spacial score (nSPS) is 10.5. The third-order valence-corrected chi connectivity index (χ3v) is 3.81. The van der Waals surface area contributed by atoms with Gasteiger partial charge in [0, 0.05) is 19.5 Å². The first-order valence-corrected chi connectivity index (χ1v) is 7.88. The summed E-state index contributed by atoms with van der Waals surface area (Å²) in [5, 5.41) is 6.29. The van der Waals surface area contributed by atoms with Gasteiger partial charge in [-0.2, -0.15) is 0 Å². The molecule has 1 aromatic heterocycles. The molecule has 0 atom stereocenters. The Labute approximate surface area is 141 Å². The summed E-state index contributed by atoms with van der Waals surface area (Å²) in [6.45, 7) is 5.82. The van der Waals surface area contributed by atoms with E-state index in [1.807, 2.05) is 19.9 Å². The van der Waals surface area contributed by atoms with Crippen LogP contribution in [0.5, 0.6) is 0 Å². The van der Waals surface area contributed by atoms with Crippen LogP contribution in [0.15, 0.2) is 28.8 Å². The van der Waals surface area contributed by atoms with E-state index in [1.54, 1.807) is 20.0 Å². The SMILES string of the molecule is Cc1ccc(CCC(=O)N(C)CC(=O)Nc2cc(C)on2)c(C)c1. The summed E-state index contributed by atoms with van der Waals surface area (Å²) in [5.41, 5.74) is 3.55. The Bertz CT molecular complexity index is 737. The number of rotatable bonds is 6. The van der Waals surface area contributed by atoms with Crippen molar-refractivity contribution in [1.29, 1.82) is 0 Å². The summed E-state index contributed by atoms with van der Waals surface area (Å²) in [4.78, 5) is 25.5. The van der Waals surface area contributed by atoms with Crippen LogP contribution >= 0.6 is 0 Å². The van der Waals surface area contributed by atoms with Crippen molar-refractivity contribution >= 4 is 17.6 Å². The van der Waals surface area contributed by atoms with Gasteiger partial charge in [-0.05, 0) is 38.3 Å². The third kappa shape index (κ3) is 4.94. The van der Waals surface area contributed by atoms with Gasteiger partial charge in [0.2, 0.25) is 11.8 Å². The molecule has 1 aromatic carbocycles. The number of amides is 2.